The second-order valence-electron chi connectivity index (χ2n) is 6.92. The lowest BCUT2D eigenvalue weighted by molar-refractivity contribution is -0.119. The first-order chi connectivity index (χ1) is 13.8. The number of rotatable bonds is 7. The highest BCUT2D eigenvalue weighted by Gasteiger charge is 2.25. The van der Waals surface area contributed by atoms with Crippen LogP contribution in [0.2, 0.25) is 0 Å². The molecule has 2 amide bonds. The molecule has 3 rings (SSSR count). The summed E-state index contributed by atoms with van der Waals surface area (Å²) < 4.78 is 18.8. The lowest BCUT2D eigenvalue weighted by Gasteiger charge is -2.14. The molecule has 0 aliphatic carbocycles. The van der Waals surface area contributed by atoms with Crippen molar-refractivity contribution >= 4 is 34.9 Å². The van der Waals surface area contributed by atoms with E-state index in [9.17, 15) is 18.8 Å². The van der Waals surface area contributed by atoms with Crippen molar-refractivity contribution in [2.45, 2.75) is 26.4 Å². The number of carbonyl (C=O) groups excluding carboxylic acids is 3. The number of aromatic nitrogens is 1. The number of Topliss-reactive ketones (excluding diaryl/α,β-unsaturated/α-hetero) is 1. The van der Waals surface area contributed by atoms with Crippen LogP contribution in [0.25, 0.3) is 11.6 Å². The summed E-state index contributed by atoms with van der Waals surface area (Å²) >= 11 is 0. The third-order valence-corrected chi connectivity index (χ3v) is 4.82. The molecule has 0 radical (unpaired) electrons. The second kappa shape index (κ2) is 8.40. The minimum Gasteiger partial charge on any atom is -0.379 e. The number of carbonyl (C=O) groups is 3. The average molecular weight is 399 g/mol. The number of amides is 2. The van der Waals surface area contributed by atoms with Gasteiger partial charge in [-0.1, -0.05) is 0 Å². The second-order valence-corrected chi connectivity index (χ2v) is 6.92. The molecule has 1 atom stereocenters. The molecular weight excluding hydrogens is 377 g/mol. The van der Waals surface area contributed by atoms with E-state index in [-0.39, 0.29) is 30.6 Å². The van der Waals surface area contributed by atoms with E-state index in [0.29, 0.717) is 33.6 Å². The van der Waals surface area contributed by atoms with Gasteiger partial charge in [-0.25, -0.2) is 4.39 Å². The molecule has 1 unspecified atom stereocenters. The molecule has 1 aromatic carbocycles. The molecule has 7 nitrogen and oxygen atoms in total. The van der Waals surface area contributed by atoms with E-state index in [1.807, 2.05) is 0 Å². The zero-order valence-corrected chi connectivity index (χ0v) is 16.4. The fourth-order valence-electron chi connectivity index (χ4n) is 3.21. The Morgan fingerprint density at radius 2 is 2.10 bits per heavy atom. The molecule has 1 aliphatic rings. The Bertz CT molecular complexity index is 1010. The number of aromatic amines is 1. The number of benzene rings is 1. The van der Waals surface area contributed by atoms with Crippen LogP contribution in [0, 0.1) is 12.7 Å². The van der Waals surface area contributed by atoms with Crippen LogP contribution in [0.4, 0.5) is 10.1 Å². The average Bonchev–Trinajstić information content (AvgIpc) is 3.18. The highest BCUT2D eigenvalue weighted by Crippen LogP contribution is 2.34. The van der Waals surface area contributed by atoms with Gasteiger partial charge in [-0.2, -0.15) is 0 Å². The van der Waals surface area contributed by atoms with Gasteiger partial charge in [-0.05, 0) is 43.7 Å². The van der Waals surface area contributed by atoms with Crippen LogP contribution in [0.1, 0.15) is 40.5 Å². The Balaban J connectivity index is 1.79. The maximum Gasteiger partial charge on any atom is 0.256 e. The number of halogens is 1. The summed E-state index contributed by atoms with van der Waals surface area (Å²) in [5.41, 5.74) is 2.96. The first-order valence-electron chi connectivity index (χ1n) is 9.11. The summed E-state index contributed by atoms with van der Waals surface area (Å²) in [5, 5.41) is 5.44. The van der Waals surface area contributed by atoms with Gasteiger partial charge in [0.1, 0.15) is 11.6 Å². The molecule has 0 bridgehead atoms. The minimum absolute atomic E-state index is 0.0237. The molecule has 2 heterocycles. The Kier molecular flexibility index (Phi) is 5.93. The topological polar surface area (TPSA) is 100 Å². The number of H-pyrrole nitrogens is 1. The fourth-order valence-corrected chi connectivity index (χ4v) is 3.21. The molecule has 1 aliphatic heterocycles. The molecule has 152 valence electrons. The Labute approximate surface area is 167 Å². The van der Waals surface area contributed by atoms with E-state index >= 15 is 0 Å². The van der Waals surface area contributed by atoms with Crippen molar-refractivity contribution in [1.82, 2.24) is 10.3 Å². The van der Waals surface area contributed by atoms with Crippen LogP contribution in [-0.2, 0) is 14.3 Å². The molecule has 0 fully saturated rings. The summed E-state index contributed by atoms with van der Waals surface area (Å²) in [5.74, 6) is -1.12. The van der Waals surface area contributed by atoms with Crippen LogP contribution >= 0.6 is 0 Å². The first kappa shape index (κ1) is 20.5. The van der Waals surface area contributed by atoms with Crippen molar-refractivity contribution in [3.63, 3.8) is 0 Å². The molecule has 0 spiro atoms. The van der Waals surface area contributed by atoms with Crippen molar-refractivity contribution in [2.75, 3.05) is 19.0 Å². The summed E-state index contributed by atoms with van der Waals surface area (Å²) in [7, 11) is 1.49. The van der Waals surface area contributed by atoms with Gasteiger partial charge in [0.2, 0.25) is 0 Å². The molecule has 0 saturated carbocycles. The van der Waals surface area contributed by atoms with E-state index in [1.54, 1.807) is 19.2 Å². The predicted octanol–water partition coefficient (Wildman–Crippen LogP) is 2.68. The first-order valence-corrected chi connectivity index (χ1v) is 9.11. The zero-order valence-electron chi connectivity index (χ0n) is 16.4. The summed E-state index contributed by atoms with van der Waals surface area (Å²) in [6.07, 6.45) is 2.96. The minimum atomic E-state index is -0.437. The molecule has 3 N–H and O–H groups in total. The molecule has 1 aromatic heterocycles. The van der Waals surface area contributed by atoms with Crippen molar-refractivity contribution in [3.8, 4) is 0 Å². The van der Waals surface area contributed by atoms with Gasteiger partial charge < -0.3 is 20.4 Å². The van der Waals surface area contributed by atoms with Gasteiger partial charge in [0.05, 0.1) is 17.2 Å². The van der Waals surface area contributed by atoms with Gasteiger partial charge in [0.15, 0.2) is 0 Å². The molecular formula is C21H22FN3O4. The third-order valence-electron chi connectivity index (χ3n) is 4.82. The number of anilines is 1. The highest BCUT2D eigenvalue weighted by atomic mass is 19.1. The molecule has 29 heavy (non-hydrogen) atoms. The normalized spacial score (nSPS) is 15.2. The number of hydrogen-bond donors (Lipinski definition) is 3. The lowest BCUT2D eigenvalue weighted by atomic mass is 10.0. The monoisotopic (exact) mass is 399 g/mol. The van der Waals surface area contributed by atoms with Crippen LogP contribution in [0.15, 0.2) is 24.4 Å². The lowest BCUT2D eigenvalue weighted by Crippen LogP contribution is -2.34. The van der Waals surface area contributed by atoms with Crippen LogP contribution in [0.3, 0.4) is 0 Å². The summed E-state index contributed by atoms with van der Waals surface area (Å²) in [6.45, 7) is 3.42. The van der Waals surface area contributed by atoms with Gasteiger partial charge >= 0.3 is 0 Å². The molecule has 2 aromatic rings. The van der Waals surface area contributed by atoms with Gasteiger partial charge in [-0.3, -0.25) is 14.4 Å². The number of ketones is 1. The Morgan fingerprint density at radius 3 is 2.79 bits per heavy atom. The summed E-state index contributed by atoms with van der Waals surface area (Å²) in [6, 6.07) is 4.09. The molecule has 0 saturated heterocycles. The number of fused-ring (bicyclic) bond motifs is 1. The van der Waals surface area contributed by atoms with E-state index in [4.69, 9.17) is 4.74 Å². The van der Waals surface area contributed by atoms with Crippen molar-refractivity contribution < 1.29 is 23.5 Å². The standard InChI is InChI=1S/C21H22FN3O4/c1-11(26)6-14(29-3)9-24-20(27)17-10-23-19(12(17)2)8-16-15-7-13(22)4-5-18(15)25-21(16)28/h4-5,7-8,10,14,23H,6,9H2,1-3H3,(H,24,27)(H,25,28)/b16-8-. The SMILES string of the molecule is COC(CNC(=O)c1c[nH]c(/C=C2\C(=O)Nc3ccc(F)cc32)c1C)CC(C)=O. The number of methoxy groups -OCH3 is 1. The van der Waals surface area contributed by atoms with Crippen LogP contribution < -0.4 is 10.6 Å². The van der Waals surface area contributed by atoms with E-state index in [1.165, 1.54) is 32.2 Å². The largest absolute Gasteiger partial charge is 0.379 e. The number of ether oxygens (including phenoxy) is 1. The Morgan fingerprint density at radius 1 is 1.34 bits per heavy atom. The Hall–Kier alpha value is -3.26. The molecule has 8 heteroatoms. The number of nitrogens with one attached hydrogen (secondary N) is 3. The van der Waals surface area contributed by atoms with Crippen LogP contribution in [0.5, 0.6) is 0 Å². The van der Waals surface area contributed by atoms with E-state index < -0.39 is 11.9 Å². The van der Waals surface area contributed by atoms with Crippen molar-refractivity contribution in [1.29, 1.82) is 0 Å². The summed E-state index contributed by atoms with van der Waals surface area (Å²) in [4.78, 5) is 39.0. The quantitative estimate of drug-likeness (QED) is 0.623. The predicted molar refractivity (Wildman–Crippen MR) is 107 cm³/mol. The maximum absolute atomic E-state index is 13.6. The van der Waals surface area contributed by atoms with Gasteiger partial charge in [-0.15, -0.1) is 0 Å². The smallest absolute Gasteiger partial charge is 0.256 e. The van der Waals surface area contributed by atoms with Crippen molar-refractivity contribution in [3.05, 3.63) is 52.6 Å². The third kappa shape index (κ3) is 4.43. The van der Waals surface area contributed by atoms with Crippen LogP contribution in [-0.4, -0.2) is 42.3 Å². The zero-order chi connectivity index (χ0) is 21.1. The number of hydrogen-bond acceptors (Lipinski definition) is 4. The van der Waals surface area contributed by atoms with E-state index in [2.05, 4.69) is 15.6 Å². The highest BCUT2D eigenvalue weighted by molar-refractivity contribution is 6.34. The van der Waals surface area contributed by atoms with E-state index in [0.717, 1.165) is 0 Å². The van der Waals surface area contributed by atoms with Gasteiger partial charge in [0, 0.05) is 43.2 Å². The fraction of sp³-hybridized carbons (Fsp3) is 0.286. The maximum atomic E-state index is 13.6. The van der Waals surface area contributed by atoms with Crippen molar-refractivity contribution in [2.24, 2.45) is 0 Å². The van der Waals surface area contributed by atoms with Gasteiger partial charge in [0.25, 0.3) is 11.8 Å².